The lowest BCUT2D eigenvalue weighted by Crippen LogP contribution is -2.40. The number of ether oxygens (including phenoxy) is 1. The molecule has 1 aromatic rings. The largest absolute Gasteiger partial charge is 0.469 e. The zero-order valence-corrected chi connectivity index (χ0v) is 12.8. The minimum atomic E-state index is -0.739. The molecule has 1 aliphatic rings. The Hall–Kier alpha value is -2.04. The van der Waals surface area contributed by atoms with Crippen LogP contribution < -0.4 is 10.6 Å². The summed E-state index contributed by atoms with van der Waals surface area (Å²) in [5, 5.41) is 6.14. The second-order valence-electron chi connectivity index (χ2n) is 5.92. The molecule has 21 heavy (non-hydrogen) atoms. The summed E-state index contributed by atoms with van der Waals surface area (Å²) in [6.45, 7) is 4.69. The van der Waals surface area contributed by atoms with Crippen molar-refractivity contribution in [3.05, 3.63) is 29.3 Å². The third-order valence-electron chi connectivity index (χ3n) is 3.77. The fourth-order valence-corrected chi connectivity index (χ4v) is 2.47. The smallest absolute Gasteiger partial charge is 0.313 e. The molecule has 2 rings (SSSR count). The van der Waals surface area contributed by atoms with Crippen LogP contribution in [-0.4, -0.2) is 32.1 Å². The van der Waals surface area contributed by atoms with Crippen LogP contribution in [0.4, 0.5) is 5.69 Å². The molecule has 0 unspecified atom stereocenters. The molecule has 0 aromatic heterocycles. The quantitative estimate of drug-likeness (QED) is 0.832. The molecule has 0 fully saturated rings. The number of methoxy groups -OCH3 is 1. The minimum Gasteiger partial charge on any atom is -0.469 e. The number of hydrogen-bond donors (Lipinski definition) is 2. The fourth-order valence-electron chi connectivity index (χ4n) is 2.47. The molecule has 0 aliphatic carbocycles. The van der Waals surface area contributed by atoms with Gasteiger partial charge in [0, 0.05) is 24.3 Å². The summed E-state index contributed by atoms with van der Waals surface area (Å²) < 4.78 is 4.74. The van der Waals surface area contributed by atoms with Gasteiger partial charge in [0.15, 0.2) is 0 Å². The number of nitrogens with one attached hydrogen (secondary N) is 2. The van der Waals surface area contributed by atoms with Gasteiger partial charge in [-0.3, -0.25) is 9.59 Å². The lowest BCUT2D eigenvalue weighted by molar-refractivity contribution is -0.150. The molecule has 1 heterocycles. The number of fused-ring (bicyclic) bond motifs is 1. The average molecular weight is 290 g/mol. The van der Waals surface area contributed by atoms with Crippen molar-refractivity contribution in [2.45, 2.75) is 26.7 Å². The van der Waals surface area contributed by atoms with Crippen molar-refractivity contribution in [3.63, 3.8) is 0 Å². The summed E-state index contributed by atoms with van der Waals surface area (Å²) in [6, 6.07) is 5.69. The maximum absolute atomic E-state index is 12.4. The Morgan fingerprint density at radius 1 is 1.38 bits per heavy atom. The first-order valence-electron chi connectivity index (χ1n) is 7.18. The number of hydrogen-bond acceptors (Lipinski definition) is 4. The van der Waals surface area contributed by atoms with E-state index in [-0.39, 0.29) is 18.4 Å². The van der Waals surface area contributed by atoms with Gasteiger partial charge in [0.25, 0.3) is 5.91 Å². The molecule has 5 nitrogen and oxygen atoms in total. The van der Waals surface area contributed by atoms with Crippen molar-refractivity contribution in [2.24, 2.45) is 5.41 Å². The molecule has 0 atom stereocenters. The zero-order valence-electron chi connectivity index (χ0n) is 12.8. The molecule has 1 aromatic carbocycles. The van der Waals surface area contributed by atoms with Crippen LogP contribution in [0.5, 0.6) is 0 Å². The van der Waals surface area contributed by atoms with Crippen molar-refractivity contribution in [3.8, 4) is 0 Å². The first-order valence-corrected chi connectivity index (χ1v) is 7.18. The molecular formula is C16H22N2O3. The van der Waals surface area contributed by atoms with Crippen molar-refractivity contribution in [1.82, 2.24) is 5.32 Å². The Kier molecular flexibility index (Phi) is 4.50. The van der Waals surface area contributed by atoms with Gasteiger partial charge in [-0.05, 0) is 44.4 Å². The Morgan fingerprint density at radius 3 is 2.86 bits per heavy atom. The molecule has 5 heteroatoms. The van der Waals surface area contributed by atoms with Gasteiger partial charge in [-0.1, -0.05) is 6.07 Å². The number of esters is 1. The number of anilines is 1. The fraction of sp³-hybridized carbons (Fsp3) is 0.500. The molecule has 0 bridgehead atoms. The lowest BCUT2D eigenvalue weighted by atomic mass is 9.93. The van der Waals surface area contributed by atoms with Gasteiger partial charge in [0.05, 0.1) is 12.5 Å². The molecular weight excluding hydrogens is 268 g/mol. The maximum Gasteiger partial charge on any atom is 0.313 e. The minimum absolute atomic E-state index is 0.146. The first-order chi connectivity index (χ1) is 9.95. The van der Waals surface area contributed by atoms with Crippen LogP contribution in [0.15, 0.2) is 18.2 Å². The summed E-state index contributed by atoms with van der Waals surface area (Å²) in [5.74, 6) is -0.480. The summed E-state index contributed by atoms with van der Waals surface area (Å²) in [5.41, 5.74) is 2.02. The molecule has 0 saturated heterocycles. The van der Waals surface area contributed by atoms with Crippen LogP contribution in [0.1, 0.15) is 36.2 Å². The SMILES string of the molecule is COC(=O)C(C)(C)CNC(=O)c1cccc2c1CCCN2. The van der Waals surface area contributed by atoms with E-state index in [0.29, 0.717) is 5.56 Å². The molecule has 0 saturated carbocycles. The molecule has 1 amide bonds. The predicted octanol–water partition coefficient (Wildman–Crippen LogP) is 1.97. The van der Waals surface area contributed by atoms with Gasteiger partial charge in [0.1, 0.15) is 0 Å². The highest BCUT2D eigenvalue weighted by molar-refractivity contribution is 5.97. The van der Waals surface area contributed by atoms with Crippen LogP contribution >= 0.6 is 0 Å². The maximum atomic E-state index is 12.4. The molecule has 2 N–H and O–H groups in total. The monoisotopic (exact) mass is 290 g/mol. The third-order valence-corrected chi connectivity index (χ3v) is 3.77. The summed E-state index contributed by atoms with van der Waals surface area (Å²) in [6.07, 6.45) is 1.91. The highest BCUT2D eigenvalue weighted by Crippen LogP contribution is 2.25. The molecule has 114 valence electrons. The Labute approximate surface area is 125 Å². The van der Waals surface area contributed by atoms with E-state index < -0.39 is 5.41 Å². The van der Waals surface area contributed by atoms with Gasteiger partial charge < -0.3 is 15.4 Å². The first kappa shape index (κ1) is 15.4. The second kappa shape index (κ2) is 6.16. The number of benzene rings is 1. The standard InChI is InChI=1S/C16H22N2O3/c1-16(2,15(20)21-3)10-18-14(19)12-6-4-8-13-11(12)7-5-9-17-13/h4,6,8,17H,5,7,9-10H2,1-3H3,(H,18,19). The number of carbonyl (C=O) groups is 2. The topological polar surface area (TPSA) is 67.4 Å². The van der Waals surface area contributed by atoms with Crippen molar-refractivity contribution < 1.29 is 14.3 Å². The second-order valence-corrected chi connectivity index (χ2v) is 5.92. The van der Waals surface area contributed by atoms with E-state index in [9.17, 15) is 9.59 Å². The summed E-state index contributed by atoms with van der Waals surface area (Å²) >= 11 is 0. The van der Waals surface area contributed by atoms with Crippen molar-refractivity contribution in [1.29, 1.82) is 0 Å². The highest BCUT2D eigenvalue weighted by atomic mass is 16.5. The van der Waals surface area contributed by atoms with Gasteiger partial charge in [0.2, 0.25) is 0 Å². The highest BCUT2D eigenvalue weighted by Gasteiger charge is 2.29. The van der Waals surface area contributed by atoms with E-state index in [0.717, 1.165) is 30.6 Å². The van der Waals surface area contributed by atoms with E-state index >= 15 is 0 Å². The summed E-state index contributed by atoms with van der Waals surface area (Å²) in [7, 11) is 1.35. The number of carbonyl (C=O) groups excluding carboxylic acids is 2. The van der Waals surface area contributed by atoms with Crippen molar-refractivity contribution in [2.75, 3.05) is 25.5 Å². The van der Waals surface area contributed by atoms with Crippen LogP contribution in [0.3, 0.4) is 0 Å². The van der Waals surface area contributed by atoms with Crippen LogP contribution in [-0.2, 0) is 16.0 Å². The van der Waals surface area contributed by atoms with E-state index in [4.69, 9.17) is 4.74 Å². The summed E-state index contributed by atoms with van der Waals surface area (Å²) in [4.78, 5) is 24.0. The zero-order chi connectivity index (χ0) is 15.5. The molecule has 0 radical (unpaired) electrons. The van der Waals surface area contributed by atoms with Crippen LogP contribution in [0.2, 0.25) is 0 Å². The van der Waals surface area contributed by atoms with Crippen LogP contribution in [0.25, 0.3) is 0 Å². The predicted molar refractivity (Wildman–Crippen MR) is 81.4 cm³/mol. The van der Waals surface area contributed by atoms with Crippen molar-refractivity contribution >= 4 is 17.6 Å². The van der Waals surface area contributed by atoms with Gasteiger partial charge in [-0.25, -0.2) is 0 Å². The average Bonchev–Trinajstić information content (AvgIpc) is 2.51. The normalized spacial score (nSPS) is 13.9. The Balaban J connectivity index is 2.10. The van der Waals surface area contributed by atoms with Gasteiger partial charge in [-0.2, -0.15) is 0 Å². The van der Waals surface area contributed by atoms with Gasteiger partial charge in [-0.15, -0.1) is 0 Å². The van der Waals surface area contributed by atoms with Gasteiger partial charge >= 0.3 is 5.97 Å². The van der Waals surface area contributed by atoms with E-state index in [1.165, 1.54) is 7.11 Å². The number of rotatable bonds is 4. The molecule has 1 aliphatic heterocycles. The molecule has 0 spiro atoms. The van der Waals surface area contributed by atoms with E-state index in [2.05, 4.69) is 10.6 Å². The van der Waals surface area contributed by atoms with E-state index in [1.54, 1.807) is 13.8 Å². The van der Waals surface area contributed by atoms with E-state index in [1.807, 2.05) is 18.2 Å². The number of amides is 1. The lowest BCUT2D eigenvalue weighted by Gasteiger charge is -2.23. The Morgan fingerprint density at radius 2 is 2.14 bits per heavy atom. The van der Waals surface area contributed by atoms with Crippen LogP contribution in [0, 0.1) is 5.41 Å². The third kappa shape index (κ3) is 3.35. The Bertz CT molecular complexity index is 552.